The number of halogens is 1. The summed E-state index contributed by atoms with van der Waals surface area (Å²) in [6.45, 7) is 0.272. The number of aliphatic hydroxyl groups is 2. The van der Waals surface area contributed by atoms with Crippen LogP contribution in [0.25, 0.3) is 11.2 Å². The van der Waals surface area contributed by atoms with E-state index in [4.69, 9.17) is 16.3 Å². The average Bonchev–Trinajstić information content (AvgIpc) is 3.32. The van der Waals surface area contributed by atoms with Crippen LogP contribution >= 0.6 is 11.6 Å². The second-order valence-electron chi connectivity index (χ2n) is 7.55. The predicted octanol–water partition coefficient (Wildman–Crippen LogP) is 1.72. The molecule has 2 aromatic heterocycles. The molecule has 1 aromatic carbocycles. The molecule has 2 heterocycles. The lowest BCUT2D eigenvalue weighted by molar-refractivity contribution is 0.00386. The van der Waals surface area contributed by atoms with E-state index in [2.05, 4.69) is 20.3 Å². The Morgan fingerprint density at radius 2 is 2.07 bits per heavy atom. The highest BCUT2D eigenvalue weighted by Crippen LogP contribution is 2.57. The van der Waals surface area contributed by atoms with Crippen LogP contribution < -0.4 is 10.1 Å². The fraction of sp³-hybridized carbons (Fsp3) is 0.421. The van der Waals surface area contributed by atoms with Crippen LogP contribution in [-0.2, 0) is 6.54 Å². The second kappa shape index (κ2) is 6.72. The topological polar surface area (TPSA) is 126 Å². The zero-order valence-electron chi connectivity index (χ0n) is 15.5. The number of nitrogens with one attached hydrogen (secondary N) is 1. The van der Waals surface area contributed by atoms with Crippen molar-refractivity contribution >= 4 is 28.6 Å². The molecule has 0 spiro atoms. The number of ether oxygens (including phenoxy) is 1. The molecule has 0 radical (unpaired) electrons. The van der Waals surface area contributed by atoms with Crippen molar-refractivity contribution in [3.63, 3.8) is 0 Å². The van der Waals surface area contributed by atoms with Gasteiger partial charge in [-0.05, 0) is 48.1 Å². The number of anilines is 1. The molecule has 2 saturated carbocycles. The number of aliphatic hydroxyl groups excluding tert-OH is 2. The first-order valence-corrected chi connectivity index (χ1v) is 9.71. The molecule has 0 unspecified atom stereocenters. The summed E-state index contributed by atoms with van der Waals surface area (Å²) in [4.78, 5) is 13.0. The number of rotatable bonds is 5. The Hall–Kier alpha value is -2.62. The van der Waals surface area contributed by atoms with Gasteiger partial charge in [0.15, 0.2) is 17.0 Å². The smallest absolute Gasteiger partial charge is 0.226 e. The molecule has 2 fully saturated rings. The van der Waals surface area contributed by atoms with E-state index in [0.717, 1.165) is 6.42 Å². The summed E-state index contributed by atoms with van der Waals surface area (Å²) in [6, 6.07) is 4.67. The summed E-state index contributed by atoms with van der Waals surface area (Å²) in [5.74, 6) is 1.50. The van der Waals surface area contributed by atoms with Gasteiger partial charge in [-0.15, -0.1) is 0 Å². The molecule has 4 N–H and O–H groups in total. The molecular formula is C19H20ClN5O4. The van der Waals surface area contributed by atoms with Gasteiger partial charge in [0.05, 0.1) is 25.6 Å². The SMILES string of the molecule is COc1ccc(O)c(CNc2nc(Cl)nc3c2ncn3[C@@H]2[C@H](O)[C@H](O)[C@@H]3C[C@@H]32)c1. The van der Waals surface area contributed by atoms with Crippen molar-refractivity contribution in [1.82, 2.24) is 19.5 Å². The van der Waals surface area contributed by atoms with Gasteiger partial charge in [0.25, 0.3) is 0 Å². The summed E-state index contributed by atoms with van der Waals surface area (Å²) < 4.78 is 6.98. The van der Waals surface area contributed by atoms with E-state index >= 15 is 0 Å². The maximum Gasteiger partial charge on any atom is 0.226 e. The van der Waals surface area contributed by atoms with Crippen molar-refractivity contribution < 1.29 is 20.1 Å². The average molecular weight is 418 g/mol. The Bertz CT molecular complexity index is 1090. The molecule has 0 amide bonds. The minimum Gasteiger partial charge on any atom is -0.508 e. The first-order chi connectivity index (χ1) is 14.0. The van der Waals surface area contributed by atoms with Gasteiger partial charge in [0.2, 0.25) is 5.28 Å². The first-order valence-electron chi connectivity index (χ1n) is 9.34. The lowest BCUT2D eigenvalue weighted by Gasteiger charge is -2.22. The number of hydrogen-bond acceptors (Lipinski definition) is 8. The van der Waals surface area contributed by atoms with Crippen molar-refractivity contribution in [3.05, 3.63) is 35.4 Å². The highest BCUT2D eigenvalue weighted by atomic mass is 35.5. The van der Waals surface area contributed by atoms with Crippen LogP contribution in [0.2, 0.25) is 5.28 Å². The molecule has 9 nitrogen and oxygen atoms in total. The van der Waals surface area contributed by atoms with Gasteiger partial charge in [-0.25, -0.2) is 4.98 Å². The fourth-order valence-electron chi connectivity index (χ4n) is 4.34. The molecule has 2 aliphatic rings. The van der Waals surface area contributed by atoms with Gasteiger partial charge in [-0.3, -0.25) is 0 Å². The number of hydrogen-bond donors (Lipinski definition) is 4. The maximum absolute atomic E-state index is 10.4. The molecule has 2 aliphatic carbocycles. The fourth-order valence-corrected chi connectivity index (χ4v) is 4.51. The Kier molecular flexibility index (Phi) is 4.27. The Morgan fingerprint density at radius 3 is 2.79 bits per heavy atom. The van der Waals surface area contributed by atoms with E-state index in [1.807, 2.05) is 0 Å². The zero-order valence-corrected chi connectivity index (χ0v) is 16.3. The molecule has 5 rings (SSSR count). The lowest BCUT2D eigenvalue weighted by Crippen LogP contribution is -2.31. The van der Waals surface area contributed by atoms with Gasteiger partial charge in [-0.2, -0.15) is 9.97 Å². The van der Waals surface area contributed by atoms with Gasteiger partial charge in [0, 0.05) is 12.1 Å². The number of fused-ring (bicyclic) bond motifs is 2. The maximum atomic E-state index is 10.4. The highest BCUT2D eigenvalue weighted by Gasteiger charge is 2.60. The van der Waals surface area contributed by atoms with Gasteiger partial charge < -0.3 is 29.9 Å². The highest BCUT2D eigenvalue weighted by molar-refractivity contribution is 6.28. The lowest BCUT2D eigenvalue weighted by atomic mass is 10.1. The number of aromatic hydroxyl groups is 1. The van der Waals surface area contributed by atoms with E-state index in [9.17, 15) is 15.3 Å². The van der Waals surface area contributed by atoms with E-state index in [1.54, 1.807) is 36.2 Å². The molecular weight excluding hydrogens is 398 g/mol. The minimum absolute atomic E-state index is 0.0389. The third-order valence-electron chi connectivity index (χ3n) is 5.92. The van der Waals surface area contributed by atoms with E-state index in [1.165, 1.54) is 0 Å². The number of phenolic OH excluding ortho intramolecular Hbond substituents is 1. The van der Waals surface area contributed by atoms with Crippen molar-refractivity contribution in [2.45, 2.75) is 31.2 Å². The Labute approximate surface area is 171 Å². The summed E-state index contributed by atoms with van der Waals surface area (Å²) in [6.07, 6.45) is 0.885. The van der Waals surface area contributed by atoms with Crippen LogP contribution in [0, 0.1) is 11.8 Å². The quantitative estimate of drug-likeness (QED) is 0.462. The summed E-state index contributed by atoms with van der Waals surface area (Å²) in [7, 11) is 1.56. The van der Waals surface area contributed by atoms with Gasteiger partial charge in [0.1, 0.15) is 17.6 Å². The molecule has 0 saturated heterocycles. The van der Waals surface area contributed by atoms with Crippen LogP contribution in [0.15, 0.2) is 24.5 Å². The molecule has 29 heavy (non-hydrogen) atoms. The molecule has 0 aliphatic heterocycles. The number of imidazole rings is 1. The van der Waals surface area contributed by atoms with Crippen LogP contribution in [0.4, 0.5) is 5.82 Å². The standard InChI is InChI=1S/C19H20ClN5O4/c1-29-9-2-3-12(26)8(4-9)6-21-17-13-18(24-19(20)23-17)25(7-22-13)14-10-5-11(10)15(27)16(14)28/h2-4,7,10-11,14-16,26-28H,5-6H2,1H3,(H,21,23,24)/t10-,11+,14-,15+,16-/m0/s1. The third kappa shape index (κ3) is 2.97. The van der Waals surface area contributed by atoms with E-state index in [-0.39, 0.29) is 35.5 Å². The van der Waals surface area contributed by atoms with Crippen molar-refractivity contribution in [2.75, 3.05) is 12.4 Å². The van der Waals surface area contributed by atoms with Crippen LogP contribution in [-0.4, -0.2) is 54.2 Å². The third-order valence-corrected chi connectivity index (χ3v) is 6.09. The normalized spacial score (nSPS) is 27.8. The zero-order chi connectivity index (χ0) is 20.3. The van der Waals surface area contributed by atoms with Crippen molar-refractivity contribution in [1.29, 1.82) is 0 Å². The Balaban J connectivity index is 1.47. The molecule has 152 valence electrons. The van der Waals surface area contributed by atoms with E-state index < -0.39 is 12.2 Å². The molecule has 0 bridgehead atoms. The number of nitrogens with zero attached hydrogens (tertiary/aromatic N) is 4. The summed E-state index contributed by atoms with van der Waals surface area (Å²) in [5, 5.41) is 33.8. The summed E-state index contributed by atoms with van der Waals surface area (Å²) >= 11 is 6.15. The van der Waals surface area contributed by atoms with Crippen molar-refractivity contribution in [2.24, 2.45) is 11.8 Å². The summed E-state index contributed by atoms with van der Waals surface area (Å²) in [5.41, 5.74) is 1.62. The Morgan fingerprint density at radius 1 is 1.24 bits per heavy atom. The monoisotopic (exact) mass is 417 g/mol. The van der Waals surface area contributed by atoms with Crippen LogP contribution in [0.3, 0.4) is 0 Å². The molecule has 3 aromatic rings. The number of phenols is 1. The molecule has 5 atom stereocenters. The largest absolute Gasteiger partial charge is 0.508 e. The number of benzene rings is 1. The number of methoxy groups -OCH3 is 1. The van der Waals surface area contributed by atoms with Crippen molar-refractivity contribution in [3.8, 4) is 11.5 Å². The van der Waals surface area contributed by atoms with E-state index in [0.29, 0.717) is 28.3 Å². The van der Waals surface area contributed by atoms with Gasteiger partial charge in [-0.1, -0.05) is 0 Å². The van der Waals surface area contributed by atoms with Crippen LogP contribution in [0.5, 0.6) is 11.5 Å². The predicted molar refractivity (Wildman–Crippen MR) is 105 cm³/mol. The number of aromatic nitrogens is 4. The van der Waals surface area contributed by atoms with Crippen LogP contribution in [0.1, 0.15) is 18.0 Å². The molecule has 10 heteroatoms. The van der Waals surface area contributed by atoms with Gasteiger partial charge >= 0.3 is 0 Å². The first kappa shape index (κ1) is 18.4. The minimum atomic E-state index is -0.866. The second-order valence-corrected chi connectivity index (χ2v) is 7.89.